The Kier molecular flexibility index (Phi) is 6.83. The fourth-order valence-electron chi connectivity index (χ4n) is 2.72. The fourth-order valence-corrected chi connectivity index (χ4v) is 3.50. The van der Waals surface area contributed by atoms with Gasteiger partial charge < -0.3 is 15.0 Å². The Labute approximate surface area is 142 Å². The Morgan fingerprint density at radius 3 is 2.83 bits per heavy atom. The summed E-state index contributed by atoms with van der Waals surface area (Å²) in [5.74, 6) is 0.873. The molecule has 0 radical (unpaired) electrons. The van der Waals surface area contributed by atoms with Gasteiger partial charge in [0.15, 0.2) is 5.96 Å². The second kappa shape index (κ2) is 8.86. The highest BCUT2D eigenvalue weighted by Gasteiger charge is 2.27. The summed E-state index contributed by atoms with van der Waals surface area (Å²) in [5.41, 5.74) is 0. The highest BCUT2D eigenvalue weighted by atomic mass is 32.1. The molecule has 0 bridgehead atoms. The first-order chi connectivity index (χ1) is 11.1. The average Bonchev–Trinajstić information content (AvgIpc) is 2.97. The average molecular weight is 338 g/mol. The van der Waals surface area contributed by atoms with Crippen molar-refractivity contribution in [1.29, 1.82) is 0 Å². The van der Waals surface area contributed by atoms with Crippen molar-refractivity contribution >= 4 is 23.3 Å². The third-order valence-corrected chi connectivity index (χ3v) is 4.89. The summed E-state index contributed by atoms with van der Waals surface area (Å²) in [6.45, 7) is 6.86. The maximum atomic E-state index is 11.8. The minimum absolute atomic E-state index is 0.0302. The van der Waals surface area contributed by atoms with Gasteiger partial charge in [-0.3, -0.25) is 9.79 Å². The minimum atomic E-state index is -0.0609. The number of hydrogen-bond acceptors (Lipinski definition) is 5. The van der Waals surface area contributed by atoms with Gasteiger partial charge in [0, 0.05) is 44.2 Å². The molecule has 0 atom stereocenters. The first-order valence-corrected chi connectivity index (χ1v) is 8.99. The molecule has 6 nitrogen and oxygen atoms in total. The predicted octanol–water partition coefficient (Wildman–Crippen LogP) is 1.84. The van der Waals surface area contributed by atoms with Crippen LogP contribution in [-0.4, -0.2) is 55.1 Å². The van der Waals surface area contributed by atoms with E-state index < -0.39 is 0 Å². The van der Waals surface area contributed by atoms with E-state index in [9.17, 15) is 4.79 Å². The van der Waals surface area contributed by atoms with Crippen LogP contribution in [0.3, 0.4) is 0 Å². The monoisotopic (exact) mass is 338 g/mol. The zero-order chi connectivity index (χ0) is 16.7. The number of hydrogen-bond donors (Lipinski definition) is 1. The Bertz CT molecular complexity index is 536. The summed E-state index contributed by atoms with van der Waals surface area (Å²) in [7, 11) is 1.80. The van der Waals surface area contributed by atoms with E-state index >= 15 is 0 Å². The van der Waals surface area contributed by atoms with E-state index in [1.807, 2.05) is 13.1 Å². The van der Waals surface area contributed by atoms with Crippen LogP contribution in [0.1, 0.15) is 29.7 Å². The standard InChI is InChI=1S/C16H26N4O2S/c1-4-22-15(21)13-6-9-20(10-7-13)16(17-3)18-8-5-14-19-11-12(2)23-14/h11,13H,4-10H2,1-3H3,(H,17,18). The molecule has 1 fully saturated rings. The molecule has 7 heteroatoms. The van der Waals surface area contributed by atoms with Gasteiger partial charge in [0.25, 0.3) is 0 Å². The molecule has 0 amide bonds. The zero-order valence-electron chi connectivity index (χ0n) is 14.2. The van der Waals surface area contributed by atoms with Crippen molar-refractivity contribution in [1.82, 2.24) is 15.2 Å². The lowest BCUT2D eigenvalue weighted by Crippen LogP contribution is -2.47. The van der Waals surface area contributed by atoms with E-state index in [1.165, 1.54) is 4.88 Å². The summed E-state index contributed by atoms with van der Waals surface area (Å²) < 4.78 is 5.11. The molecule has 0 unspecified atom stereocenters. The quantitative estimate of drug-likeness (QED) is 0.504. The molecule has 0 saturated carbocycles. The van der Waals surface area contributed by atoms with Gasteiger partial charge in [-0.2, -0.15) is 0 Å². The van der Waals surface area contributed by atoms with Gasteiger partial charge in [0.2, 0.25) is 0 Å². The summed E-state index contributed by atoms with van der Waals surface area (Å²) in [6.07, 6.45) is 4.46. The number of guanidine groups is 1. The van der Waals surface area contributed by atoms with E-state index in [0.29, 0.717) is 6.61 Å². The largest absolute Gasteiger partial charge is 0.466 e. The van der Waals surface area contributed by atoms with Crippen molar-refractivity contribution in [3.8, 4) is 0 Å². The van der Waals surface area contributed by atoms with Crippen molar-refractivity contribution < 1.29 is 9.53 Å². The number of thiazole rings is 1. The highest BCUT2D eigenvalue weighted by molar-refractivity contribution is 7.11. The molecule has 1 saturated heterocycles. The van der Waals surface area contributed by atoms with Crippen molar-refractivity contribution in [2.75, 3.05) is 33.3 Å². The lowest BCUT2D eigenvalue weighted by Gasteiger charge is -2.33. The number of aromatic nitrogens is 1. The first-order valence-electron chi connectivity index (χ1n) is 8.17. The summed E-state index contributed by atoms with van der Waals surface area (Å²) in [5, 5.41) is 4.54. The number of esters is 1. The number of carbonyl (C=O) groups excluding carboxylic acids is 1. The summed E-state index contributed by atoms with van der Waals surface area (Å²) in [4.78, 5) is 24.0. The molecule has 1 N–H and O–H groups in total. The van der Waals surface area contributed by atoms with Crippen LogP contribution in [0.15, 0.2) is 11.2 Å². The van der Waals surface area contributed by atoms with Gasteiger partial charge in [0.05, 0.1) is 17.5 Å². The molecule has 128 valence electrons. The normalized spacial score (nSPS) is 16.5. The fraction of sp³-hybridized carbons (Fsp3) is 0.688. The summed E-state index contributed by atoms with van der Waals surface area (Å²) >= 11 is 1.73. The van der Waals surface area contributed by atoms with Crippen molar-refractivity contribution in [2.24, 2.45) is 10.9 Å². The number of aliphatic imine (C=N–C) groups is 1. The maximum Gasteiger partial charge on any atom is 0.309 e. The predicted molar refractivity (Wildman–Crippen MR) is 92.8 cm³/mol. The summed E-state index contributed by atoms with van der Waals surface area (Å²) in [6, 6.07) is 0. The number of aryl methyl sites for hydroxylation is 1. The number of ether oxygens (including phenoxy) is 1. The molecule has 1 aromatic heterocycles. The number of likely N-dealkylation sites (tertiary alicyclic amines) is 1. The second-order valence-corrected chi connectivity index (χ2v) is 6.92. The van der Waals surface area contributed by atoms with Gasteiger partial charge >= 0.3 is 5.97 Å². The topological polar surface area (TPSA) is 66.8 Å². The first kappa shape index (κ1) is 17.7. The molecule has 0 aromatic carbocycles. The second-order valence-electron chi connectivity index (χ2n) is 5.60. The number of carbonyl (C=O) groups is 1. The van der Waals surface area contributed by atoms with Crippen LogP contribution in [0.4, 0.5) is 0 Å². The minimum Gasteiger partial charge on any atom is -0.466 e. The van der Waals surface area contributed by atoms with E-state index in [0.717, 1.165) is 49.9 Å². The van der Waals surface area contributed by atoms with Gasteiger partial charge in [-0.15, -0.1) is 11.3 Å². The highest BCUT2D eigenvalue weighted by Crippen LogP contribution is 2.18. The Hall–Kier alpha value is -1.63. The molecular formula is C16H26N4O2S. The van der Waals surface area contributed by atoms with Gasteiger partial charge in [-0.25, -0.2) is 4.98 Å². The molecule has 1 aliphatic rings. The van der Waals surface area contributed by atoms with Crippen LogP contribution >= 0.6 is 11.3 Å². The third kappa shape index (κ3) is 5.20. The molecule has 2 heterocycles. The smallest absolute Gasteiger partial charge is 0.309 e. The van der Waals surface area contributed by atoms with Crippen molar-refractivity contribution in [3.63, 3.8) is 0 Å². The van der Waals surface area contributed by atoms with E-state index in [4.69, 9.17) is 4.74 Å². The maximum absolute atomic E-state index is 11.8. The van der Waals surface area contributed by atoms with Gasteiger partial charge in [-0.1, -0.05) is 0 Å². The Balaban J connectivity index is 1.75. The molecule has 0 spiro atoms. The van der Waals surface area contributed by atoms with Crippen LogP contribution in [0, 0.1) is 12.8 Å². The van der Waals surface area contributed by atoms with E-state index in [-0.39, 0.29) is 11.9 Å². The molecule has 23 heavy (non-hydrogen) atoms. The molecular weight excluding hydrogens is 312 g/mol. The van der Waals surface area contributed by atoms with Crippen LogP contribution in [0.2, 0.25) is 0 Å². The number of nitrogens with zero attached hydrogens (tertiary/aromatic N) is 3. The number of nitrogens with one attached hydrogen (secondary N) is 1. The molecule has 2 rings (SSSR count). The zero-order valence-corrected chi connectivity index (χ0v) is 15.0. The van der Waals surface area contributed by atoms with Crippen LogP contribution in [0.25, 0.3) is 0 Å². The molecule has 1 aliphatic heterocycles. The van der Waals surface area contributed by atoms with Crippen LogP contribution in [0.5, 0.6) is 0 Å². The SMILES string of the molecule is CCOC(=O)C1CCN(C(=NC)NCCc2ncc(C)s2)CC1. The lowest BCUT2D eigenvalue weighted by atomic mass is 9.97. The van der Waals surface area contributed by atoms with Gasteiger partial charge in [-0.05, 0) is 26.7 Å². The van der Waals surface area contributed by atoms with Crippen LogP contribution < -0.4 is 5.32 Å². The van der Waals surface area contributed by atoms with Crippen LogP contribution in [-0.2, 0) is 16.0 Å². The van der Waals surface area contributed by atoms with Gasteiger partial charge in [0.1, 0.15) is 0 Å². The van der Waals surface area contributed by atoms with E-state index in [1.54, 1.807) is 18.4 Å². The van der Waals surface area contributed by atoms with Crippen molar-refractivity contribution in [2.45, 2.75) is 33.1 Å². The Morgan fingerprint density at radius 1 is 1.52 bits per heavy atom. The lowest BCUT2D eigenvalue weighted by molar-refractivity contribution is -0.149. The number of rotatable bonds is 5. The Morgan fingerprint density at radius 2 is 2.26 bits per heavy atom. The molecule has 1 aromatic rings. The number of piperidine rings is 1. The third-order valence-electron chi connectivity index (χ3n) is 3.92. The van der Waals surface area contributed by atoms with Crippen molar-refractivity contribution in [3.05, 3.63) is 16.1 Å². The molecule has 0 aliphatic carbocycles. The van der Waals surface area contributed by atoms with E-state index in [2.05, 4.69) is 27.1 Å².